The summed E-state index contributed by atoms with van der Waals surface area (Å²) < 4.78 is 12.0. The predicted octanol–water partition coefficient (Wildman–Crippen LogP) is 1.58. The fourth-order valence-electron chi connectivity index (χ4n) is 3.29. The van der Waals surface area contributed by atoms with Gasteiger partial charge in [-0.3, -0.25) is 14.2 Å². The van der Waals surface area contributed by atoms with E-state index in [-0.39, 0.29) is 36.8 Å². The molecule has 1 aliphatic heterocycles. The van der Waals surface area contributed by atoms with E-state index in [0.29, 0.717) is 33.7 Å². The molecule has 3 heterocycles. The lowest BCUT2D eigenvalue weighted by Crippen LogP contribution is -2.49. The van der Waals surface area contributed by atoms with E-state index in [1.165, 1.54) is 10.9 Å². The number of esters is 1. The topological polar surface area (TPSA) is 90.7 Å². The Bertz CT molecular complexity index is 925. The number of morpholine rings is 1. The molecule has 1 aliphatic rings. The van der Waals surface area contributed by atoms with Crippen molar-refractivity contribution in [1.29, 1.82) is 0 Å². The van der Waals surface area contributed by atoms with Crippen molar-refractivity contribution >= 4 is 33.4 Å². The third-order valence-electron chi connectivity index (χ3n) is 4.46. The summed E-state index contributed by atoms with van der Waals surface area (Å²) in [5.74, 6) is -0.616. The zero-order chi connectivity index (χ0) is 19.7. The Balaban J connectivity index is 1.88. The molecule has 2 atom stereocenters. The second-order valence-electron chi connectivity index (χ2n) is 6.69. The van der Waals surface area contributed by atoms with Gasteiger partial charge in [0.05, 0.1) is 30.5 Å². The van der Waals surface area contributed by atoms with Gasteiger partial charge >= 0.3 is 5.97 Å². The van der Waals surface area contributed by atoms with Crippen molar-refractivity contribution in [2.24, 2.45) is 0 Å². The van der Waals surface area contributed by atoms with Crippen LogP contribution in [0.2, 0.25) is 0 Å². The fraction of sp³-hybridized carbons (Fsp3) is 0.556. The van der Waals surface area contributed by atoms with E-state index < -0.39 is 5.97 Å². The molecule has 0 unspecified atom stereocenters. The zero-order valence-corrected chi connectivity index (χ0v) is 16.7. The molecule has 9 heteroatoms. The van der Waals surface area contributed by atoms with Gasteiger partial charge in [0.15, 0.2) is 0 Å². The number of hydrogen-bond donors (Lipinski definition) is 0. The number of carbonyl (C=O) groups is 2. The standard InChI is InChI=1S/C18H23N3O5S/c1-5-25-18(24)15-12(4)14-16(27-15)19-9-21(17(14)23)8-13(22)20-6-10(2)26-11(3)7-20/h9-11H,5-8H2,1-4H3/t10-,11+. The van der Waals surface area contributed by atoms with Crippen LogP contribution in [0.5, 0.6) is 0 Å². The lowest BCUT2D eigenvalue weighted by Gasteiger charge is -2.35. The molecule has 2 aromatic rings. The molecule has 1 amide bonds. The van der Waals surface area contributed by atoms with Gasteiger partial charge in [0.25, 0.3) is 5.56 Å². The summed E-state index contributed by atoms with van der Waals surface area (Å²) in [4.78, 5) is 44.4. The van der Waals surface area contributed by atoms with Crippen LogP contribution in [-0.4, -0.2) is 58.2 Å². The first-order valence-corrected chi connectivity index (χ1v) is 9.72. The largest absolute Gasteiger partial charge is 0.462 e. The molecule has 0 radical (unpaired) electrons. The van der Waals surface area contributed by atoms with E-state index in [1.807, 2.05) is 13.8 Å². The lowest BCUT2D eigenvalue weighted by atomic mass is 10.2. The molecule has 27 heavy (non-hydrogen) atoms. The third-order valence-corrected chi connectivity index (χ3v) is 5.64. The number of rotatable bonds is 4. The molecule has 8 nitrogen and oxygen atoms in total. The molecule has 1 fully saturated rings. The van der Waals surface area contributed by atoms with Crippen molar-refractivity contribution in [3.8, 4) is 0 Å². The van der Waals surface area contributed by atoms with E-state index in [0.717, 1.165) is 11.3 Å². The Hall–Kier alpha value is -2.26. The number of nitrogens with zero attached hydrogens (tertiary/aromatic N) is 3. The lowest BCUT2D eigenvalue weighted by molar-refractivity contribution is -0.143. The predicted molar refractivity (Wildman–Crippen MR) is 101 cm³/mol. The molecule has 0 aliphatic carbocycles. The van der Waals surface area contributed by atoms with Crippen LogP contribution in [0.4, 0.5) is 0 Å². The van der Waals surface area contributed by atoms with Crippen molar-refractivity contribution in [1.82, 2.24) is 14.5 Å². The molecule has 0 spiro atoms. The van der Waals surface area contributed by atoms with Gasteiger partial charge in [0.2, 0.25) is 5.91 Å². The van der Waals surface area contributed by atoms with Gasteiger partial charge in [-0.1, -0.05) is 0 Å². The number of thiophene rings is 1. The summed E-state index contributed by atoms with van der Waals surface area (Å²) in [6.45, 7) is 8.43. The van der Waals surface area contributed by atoms with Gasteiger partial charge in [0.1, 0.15) is 16.3 Å². The number of aromatic nitrogens is 2. The molecular weight excluding hydrogens is 370 g/mol. The number of carbonyl (C=O) groups excluding carboxylic acids is 2. The molecule has 146 valence electrons. The van der Waals surface area contributed by atoms with Crippen molar-refractivity contribution in [3.63, 3.8) is 0 Å². The van der Waals surface area contributed by atoms with Gasteiger partial charge < -0.3 is 14.4 Å². The quantitative estimate of drug-likeness (QED) is 0.733. The number of fused-ring (bicyclic) bond motifs is 1. The molecule has 3 rings (SSSR count). The molecular formula is C18H23N3O5S. The highest BCUT2D eigenvalue weighted by Gasteiger charge is 2.27. The maximum Gasteiger partial charge on any atom is 0.348 e. The Labute approximate surface area is 160 Å². The number of amides is 1. The molecule has 2 aromatic heterocycles. The Morgan fingerprint density at radius 2 is 2.00 bits per heavy atom. The number of ether oxygens (including phenoxy) is 2. The van der Waals surface area contributed by atoms with Crippen LogP contribution in [0.25, 0.3) is 10.2 Å². The molecule has 0 aromatic carbocycles. The van der Waals surface area contributed by atoms with Crippen LogP contribution in [0, 0.1) is 6.92 Å². The third kappa shape index (κ3) is 3.89. The average molecular weight is 393 g/mol. The van der Waals surface area contributed by atoms with E-state index in [9.17, 15) is 14.4 Å². The van der Waals surface area contributed by atoms with E-state index in [2.05, 4.69) is 4.98 Å². The molecule has 0 bridgehead atoms. The monoisotopic (exact) mass is 393 g/mol. The van der Waals surface area contributed by atoms with Crippen LogP contribution < -0.4 is 5.56 Å². The molecule has 0 N–H and O–H groups in total. The second kappa shape index (κ2) is 7.77. The van der Waals surface area contributed by atoms with Crippen molar-refractivity contribution in [2.75, 3.05) is 19.7 Å². The van der Waals surface area contributed by atoms with Crippen LogP contribution >= 0.6 is 11.3 Å². The first kappa shape index (κ1) is 19.5. The van der Waals surface area contributed by atoms with Crippen molar-refractivity contribution < 1.29 is 19.1 Å². The maximum atomic E-state index is 12.9. The summed E-state index contributed by atoms with van der Waals surface area (Å²) >= 11 is 1.13. The first-order valence-electron chi connectivity index (χ1n) is 8.90. The average Bonchev–Trinajstić information content (AvgIpc) is 2.94. The van der Waals surface area contributed by atoms with Crippen molar-refractivity contribution in [3.05, 3.63) is 27.1 Å². The van der Waals surface area contributed by atoms with Gasteiger partial charge in [0, 0.05) is 13.1 Å². The van der Waals surface area contributed by atoms with Crippen LogP contribution in [0.1, 0.15) is 36.0 Å². The van der Waals surface area contributed by atoms with E-state index in [4.69, 9.17) is 9.47 Å². The molecule has 1 saturated heterocycles. The maximum absolute atomic E-state index is 12.9. The van der Waals surface area contributed by atoms with Gasteiger partial charge in [-0.2, -0.15) is 0 Å². The highest BCUT2D eigenvalue weighted by atomic mass is 32.1. The Morgan fingerprint density at radius 3 is 2.63 bits per heavy atom. The van der Waals surface area contributed by atoms with E-state index in [1.54, 1.807) is 18.7 Å². The smallest absolute Gasteiger partial charge is 0.348 e. The zero-order valence-electron chi connectivity index (χ0n) is 15.9. The first-order chi connectivity index (χ1) is 12.8. The van der Waals surface area contributed by atoms with Crippen LogP contribution in [-0.2, 0) is 20.8 Å². The van der Waals surface area contributed by atoms with Gasteiger partial charge in [-0.15, -0.1) is 11.3 Å². The summed E-state index contributed by atoms with van der Waals surface area (Å²) in [6, 6.07) is 0. The summed E-state index contributed by atoms with van der Waals surface area (Å²) in [7, 11) is 0. The SMILES string of the molecule is CCOC(=O)c1sc2ncn(CC(=O)N3C[C@@H](C)O[C@@H](C)C3)c(=O)c2c1C. The minimum absolute atomic E-state index is 0.0405. The minimum Gasteiger partial charge on any atom is -0.462 e. The fourth-order valence-corrected chi connectivity index (χ4v) is 4.32. The number of hydrogen-bond acceptors (Lipinski definition) is 7. The second-order valence-corrected chi connectivity index (χ2v) is 7.69. The van der Waals surface area contributed by atoms with Gasteiger partial charge in [-0.25, -0.2) is 9.78 Å². The minimum atomic E-state index is -0.462. The van der Waals surface area contributed by atoms with Crippen molar-refractivity contribution in [2.45, 2.75) is 46.4 Å². The highest BCUT2D eigenvalue weighted by Crippen LogP contribution is 2.27. The molecule has 0 saturated carbocycles. The highest BCUT2D eigenvalue weighted by molar-refractivity contribution is 7.20. The summed E-state index contributed by atoms with van der Waals surface area (Å²) in [6.07, 6.45) is 1.28. The number of aryl methyl sites for hydroxylation is 1. The van der Waals surface area contributed by atoms with E-state index >= 15 is 0 Å². The Kier molecular flexibility index (Phi) is 5.61. The Morgan fingerprint density at radius 1 is 1.33 bits per heavy atom. The normalized spacial score (nSPS) is 20.1. The van der Waals surface area contributed by atoms with Gasteiger partial charge in [-0.05, 0) is 33.3 Å². The summed E-state index contributed by atoms with van der Waals surface area (Å²) in [5, 5.41) is 0.363. The van der Waals surface area contributed by atoms with Crippen LogP contribution in [0.15, 0.2) is 11.1 Å². The summed E-state index contributed by atoms with van der Waals surface area (Å²) in [5.41, 5.74) is 0.216. The van der Waals surface area contributed by atoms with Crippen LogP contribution in [0.3, 0.4) is 0 Å².